The molecule has 0 aromatic heterocycles. The fraction of sp³-hybridized carbons (Fsp3) is 0.500. The van der Waals surface area contributed by atoms with E-state index < -0.39 is 10.0 Å². The monoisotopic (exact) mass is 312 g/mol. The van der Waals surface area contributed by atoms with Crippen molar-refractivity contribution < 1.29 is 17.9 Å². The number of hydrogen-bond acceptors (Lipinski definition) is 4. The van der Waals surface area contributed by atoms with Gasteiger partial charge in [-0.1, -0.05) is 17.7 Å². The van der Waals surface area contributed by atoms with Crippen molar-refractivity contribution in [3.63, 3.8) is 0 Å². The molecule has 1 saturated heterocycles. The van der Waals surface area contributed by atoms with Crippen molar-refractivity contribution >= 4 is 15.9 Å². The second-order valence-corrected chi connectivity index (χ2v) is 6.84. The number of ether oxygens (including phenoxy) is 1. The van der Waals surface area contributed by atoms with Gasteiger partial charge in [0, 0.05) is 13.2 Å². The van der Waals surface area contributed by atoms with Crippen LogP contribution < -0.4 is 10.0 Å². The molecule has 0 aliphatic carbocycles. The highest BCUT2D eigenvalue weighted by Crippen LogP contribution is 2.11. The lowest BCUT2D eigenvalue weighted by Crippen LogP contribution is -2.39. The van der Waals surface area contributed by atoms with Crippen LogP contribution in [0.4, 0.5) is 0 Å². The number of sulfonamides is 1. The molecule has 1 aliphatic rings. The number of carbonyl (C=O) groups excluding carboxylic acids is 1. The van der Waals surface area contributed by atoms with Crippen LogP contribution in [0.15, 0.2) is 29.2 Å². The summed E-state index contributed by atoms with van der Waals surface area (Å²) in [6, 6.07) is 6.46. The molecular weight excluding hydrogens is 292 g/mol. The maximum Gasteiger partial charge on any atom is 0.241 e. The van der Waals surface area contributed by atoms with E-state index in [1.807, 2.05) is 6.92 Å². The summed E-state index contributed by atoms with van der Waals surface area (Å²) in [5.74, 6) is -0.360. The van der Waals surface area contributed by atoms with Crippen molar-refractivity contribution in [2.45, 2.75) is 30.8 Å². The summed E-state index contributed by atoms with van der Waals surface area (Å²) < 4.78 is 31.7. The highest BCUT2D eigenvalue weighted by molar-refractivity contribution is 7.89. The Morgan fingerprint density at radius 1 is 1.33 bits per heavy atom. The number of nitrogens with one attached hydrogen (secondary N) is 2. The van der Waals surface area contributed by atoms with Gasteiger partial charge in [-0.3, -0.25) is 4.79 Å². The molecule has 0 bridgehead atoms. The molecule has 0 unspecified atom stereocenters. The topological polar surface area (TPSA) is 84.5 Å². The lowest BCUT2D eigenvalue weighted by atomic mass is 10.2. The molecule has 1 aromatic carbocycles. The van der Waals surface area contributed by atoms with Gasteiger partial charge in [-0.25, -0.2) is 13.1 Å². The highest BCUT2D eigenvalue weighted by Gasteiger charge is 2.18. The van der Waals surface area contributed by atoms with E-state index in [4.69, 9.17) is 4.74 Å². The molecule has 1 aromatic rings. The fourth-order valence-electron chi connectivity index (χ4n) is 2.06. The first-order valence-corrected chi connectivity index (χ1v) is 8.40. The Balaban J connectivity index is 1.80. The summed E-state index contributed by atoms with van der Waals surface area (Å²) in [7, 11) is -3.65. The van der Waals surface area contributed by atoms with E-state index in [0.717, 1.165) is 25.0 Å². The highest BCUT2D eigenvalue weighted by atomic mass is 32.2. The van der Waals surface area contributed by atoms with E-state index in [2.05, 4.69) is 10.0 Å². The van der Waals surface area contributed by atoms with E-state index in [-0.39, 0.29) is 23.5 Å². The summed E-state index contributed by atoms with van der Waals surface area (Å²) in [6.07, 6.45) is 1.97. The minimum absolute atomic E-state index is 0.0441. The van der Waals surface area contributed by atoms with Crippen molar-refractivity contribution in [1.82, 2.24) is 10.0 Å². The van der Waals surface area contributed by atoms with Crippen LogP contribution in [0, 0.1) is 6.92 Å². The lowest BCUT2D eigenvalue weighted by Gasteiger charge is -2.11. The van der Waals surface area contributed by atoms with Crippen molar-refractivity contribution in [2.24, 2.45) is 0 Å². The van der Waals surface area contributed by atoms with Crippen LogP contribution in [0.5, 0.6) is 0 Å². The number of hydrogen-bond donors (Lipinski definition) is 2. The van der Waals surface area contributed by atoms with Gasteiger partial charge in [-0.2, -0.15) is 0 Å². The van der Waals surface area contributed by atoms with Crippen molar-refractivity contribution in [2.75, 3.05) is 19.7 Å². The number of amides is 1. The molecule has 21 heavy (non-hydrogen) atoms. The van der Waals surface area contributed by atoms with E-state index in [9.17, 15) is 13.2 Å². The second kappa shape index (κ2) is 7.02. The van der Waals surface area contributed by atoms with Crippen molar-refractivity contribution in [3.8, 4) is 0 Å². The summed E-state index contributed by atoms with van der Waals surface area (Å²) in [5, 5.41) is 2.67. The van der Waals surface area contributed by atoms with Crippen LogP contribution >= 0.6 is 0 Å². The molecule has 2 rings (SSSR count). The van der Waals surface area contributed by atoms with E-state index in [1.54, 1.807) is 12.1 Å². The first-order valence-electron chi connectivity index (χ1n) is 6.92. The summed E-state index contributed by atoms with van der Waals surface area (Å²) in [6.45, 7) is 2.75. The number of aryl methyl sites for hydroxylation is 1. The molecule has 1 atom stereocenters. The first kappa shape index (κ1) is 15.9. The number of carbonyl (C=O) groups is 1. The minimum Gasteiger partial charge on any atom is -0.376 e. The van der Waals surface area contributed by atoms with Gasteiger partial charge >= 0.3 is 0 Å². The molecule has 0 spiro atoms. The Morgan fingerprint density at radius 2 is 2.05 bits per heavy atom. The van der Waals surface area contributed by atoms with Crippen molar-refractivity contribution in [1.29, 1.82) is 0 Å². The summed E-state index contributed by atoms with van der Waals surface area (Å²) >= 11 is 0. The van der Waals surface area contributed by atoms with Gasteiger partial charge < -0.3 is 10.1 Å². The van der Waals surface area contributed by atoms with Gasteiger partial charge in [0.2, 0.25) is 15.9 Å². The quantitative estimate of drug-likeness (QED) is 0.804. The third-order valence-corrected chi connectivity index (χ3v) is 4.72. The standard InChI is InChI=1S/C14H20N2O4S/c1-11-4-6-13(7-5-11)21(18,19)16-10-14(17)15-9-12-3-2-8-20-12/h4-7,12,16H,2-3,8-10H2,1H3,(H,15,17)/t12-/m0/s1. The normalized spacial score (nSPS) is 18.6. The third-order valence-electron chi connectivity index (χ3n) is 3.30. The van der Waals surface area contributed by atoms with Gasteiger partial charge in [-0.15, -0.1) is 0 Å². The Morgan fingerprint density at radius 3 is 2.67 bits per heavy atom. The zero-order chi connectivity index (χ0) is 15.3. The Labute approximate surface area is 124 Å². The summed E-state index contributed by atoms with van der Waals surface area (Å²) in [5.41, 5.74) is 0.975. The average molecular weight is 312 g/mol. The third kappa shape index (κ3) is 4.80. The van der Waals surface area contributed by atoms with Crippen LogP contribution in [-0.4, -0.2) is 40.1 Å². The van der Waals surface area contributed by atoms with Gasteiger partial charge in [0.25, 0.3) is 0 Å². The van der Waals surface area contributed by atoms with Crippen LogP contribution in [0.1, 0.15) is 18.4 Å². The molecule has 116 valence electrons. The molecule has 0 saturated carbocycles. The molecular formula is C14H20N2O4S. The Bertz CT molecular complexity index is 577. The predicted molar refractivity (Wildman–Crippen MR) is 78.4 cm³/mol. The molecule has 7 heteroatoms. The van der Waals surface area contributed by atoms with E-state index >= 15 is 0 Å². The van der Waals surface area contributed by atoms with E-state index in [0.29, 0.717) is 6.54 Å². The van der Waals surface area contributed by atoms with Crippen LogP contribution in [-0.2, 0) is 19.6 Å². The molecule has 1 aliphatic heterocycles. The average Bonchev–Trinajstić information content (AvgIpc) is 2.97. The van der Waals surface area contributed by atoms with Gasteiger partial charge in [-0.05, 0) is 31.9 Å². The Hall–Kier alpha value is -1.44. The molecule has 1 heterocycles. The van der Waals surface area contributed by atoms with Gasteiger partial charge in [0.15, 0.2) is 0 Å². The lowest BCUT2D eigenvalue weighted by molar-refractivity contribution is -0.120. The summed E-state index contributed by atoms with van der Waals surface area (Å²) in [4.78, 5) is 11.8. The van der Waals surface area contributed by atoms with Crippen LogP contribution in [0.2, 0.25) is 0 Å². The van der Waals surface area contributed by atoms with Gasteiger partial charge in [0.1, 0.15) is 0 Å². The van der Waals surface area contributed by atoms with Crippen LogP contribution in [0.25, 0.3) is 0 Å². The van der Waals surface area contributed by atoms with Crippen LogP contribution in [0.3, 0.4) is 0 Å². The fourth-order valence-corrected chi connectivity index (χ4v) is 3.04. The molecule has 6 nitrogen and oxygen atoms in total. The molecule has 2 N–H and O–H groups in total. The van der Waals surface area contributed by atoms with Crippen molar-refractivity contribution in [3.05, 3.63) is 29.8 Å². The maximum atomic E-state index is 12.0. The van der Waals surface area contributed by atoms with Gasteiger partial charge in [0.05, 0.1) is 17.5 Å². The molecule has 1 amide bonds. The largest absolute Gasteiger partial charge is 0.376 e. The predicted octanol–water partition coefficient (Wildman–Crippen LogP) is 0.569. The van der Waals surface area contributed by atoms with E-state index in [1.165, 1.54) is 12.1 Å². The first-order chi connectivity index (χ1) is 9.97. The zero-order valence-corrected chi connectivity index (χ0v) is 12.8. The SMILES string of the molecule is Cc1ccc(S(=O)(=O)NCC(=O)NC[C@@H]2CCCO2)cc1. The second-order valence-electron chi connectivity index (χ2n) is 5.08. The number of benzene rings is 1. The smallest absolute Gasteiger partial charge is 0.241 e. The minimum atomic E-state index is -3.65. The molecule has 1 fully saturated rings. The molecule has 0 radical (unpaired) electrons. The Kier molecular flexibility index (Phi) is 5.33. The maximum absolute atomic E-state index is 12.0. The zero-order valence-electron chi connectivity index (χ0n) is 12.0. The number of rotatable bonds is 6.